The number of rotatable bonds is 0. The van der Waals surface area contributed by atoms with Crippen LogP contribution in [0, 0.1) is 17.3 Å². The average Bonchev–Trinajstić information content (AvgIpc) is 2.74. The standard InChI is InChI=1S/C18H24O2/c1-18-9-8-14-13-5-3-12(19)10-11(13)2-4-15(14)16(18)6-7-17(18)20/h3,5,10,14-17,19-20H,2,4,6-9H2,1H3/p-1/t14-,15-,16+,17+,18+/m1/s1. The van der Waals surface area contributed by atoms with Crippen molar-refractivity contribution >= 4 is 0 Å². The topological polar surface area (TPSA) is 43.3 Å². The van der Waals surface area contributed by atoms with E-state index in [9.17, 15) is 10.2 Å². The van der Waals surface area contributed by atoms with Crippen molar-refractivity contribution in [1.82, 2.24) is 0 Å². The lowest BCUT2D eigenvalue weighted by atomic mass is 9.55. The van der Waals surface area contributed by atoms with E-state index in [0.29, 0.717) is 11.8 Å². The summed E-state index contributed by atoms with van der Waals surface area (Å²) in [7, 11) is 0. The fourth-order valence-electron chi connectivity index (χ4n) is 5.53. The third-order valence-corrected chi connectivity index (χ3v) is 6.65. The molecule has 2 fully saturated rings. The average molecular weight is 271 g/mol. The highest BCUT2D eigenvalue weighted by Crippen LogP contribution is 2.60. The van der Waals surface area contributed by atoms with Gasteiger partial charge in [0.2, 0.25) is 0 Å². The molecule has 108 valence electrons. The molecular formula is C18H23O2-. The van der Waals surface area contributed by atoms with E-state index in [-0.39, 0.29) is 17.3 Å². The first-order valence-electron chi connectivity index (χ1n) is 8.07. The maximum Gasteiger partial charge on any atom is 0.0596 e. The Morgan fingerprint density at radius 1 is 1.20 bits per heavy atom. The van der Waals surface area contributed by atoms with Crippen molar-refractivity contribution in [2.75, 3.05) is 0 Å². The molecule has 4 rings (SSSR count). The predicted octanol–water partition coefficient (Wildman–Crippen LogP) is 2.98. The maximum absolute atomic E-state index is 11.5. The van der Waals surface area contributed by atoms with Crippen LogP contribution in [-0.2, 0) is 6.42 Å². The van der Waals surface area contributed by atoms with Crippen LogP contribution in [0.15, 0.2) is 18.2 Å². The Bertz CT molecular complexity index is 538. The van der Waals surface area contributed by atoms with Gasteiger partial charge in [-0.3, -0.25) is 0 Å². The molecule has 3 aliphatic rings. The van der Waals surface area contributed by atoms with Crippen molar-refractivity contribution in [2.45, 2.75) is 57.5 Å². The molecular weight excluding hydrogens is 248 g/mol. The molecule has 20 heavy (non-hydrogen) atoms. The summed E-state index contributed by atoms with van der Waals surface area (Å²) < 4.78 is 0. The Morgan fingerprint density at radius 3 is 2.90 bits per heavy atom. The summed E-state index contributed by atoms with van der Waals surface area (Å²) in [5.74, 6) is 2.18. The largest absolute Gasteiger partial charge is 0.872 e. The predicted molar refractivity (Wildman–Crippen MR) is 76.5 cm³/mol. The summed E-state index contributed by atoms with van der Waals surface area (Å²) in [6, 6.07) is 5.67. The first-order chi connectivity index (χ1) is 9.59. The summed E-state index contributed by atoms with van der Waals surface area (Å²) in [4.78, 5) is 0. The zero-order valence-corrected chi connectivity index (χ0v) is 12.1. The second kappa shape index (κ2) is 4.24. The monoisotopic (exact) mass is 271 g/mol. The summed E-state index contributed by atoms with van der Waals surface area (Å²) in [6.07, 6.45) is 6.64. The third-order valence-electron chi connectivity index (χ3n) is 6.65. The number of hydrogen-bond acceptors (Lipinski definition) is 2. The minimum Gasteiger partial charge on any atom is -0.872 e. The van der Waals surface area contributed by atoms with Gasteiger partial charge in [-0.2, -0.15) is 0 Å². The van der Waals surface area contributed by atoms with Gasteiger partial charge in [-0.25, -0.2) is 0 Å². The molecule has 1 N–H and O–H groups in total. The van der Waals surface area contributed by atoms with Crippen molar-refractivity contribution in [3.05, 3.63) is 29.3 Å². The van der Waals surface area contributed by atoms with Crippen LogP contribution in [0.2, 0.25) is 0 Å². The van der Waals surface area contributed by atoms with Gasteiger partial charge in [0.1, 0.15) is 0 Å². The number of aliphatic hydroxyl groups excluding tert-OH is 1. The normalized spacial score (nSPS) is 42.7. The second-order valence-corrected chi connectivity index (χ2v) is 7.41. The molecule has 2 nitrogen and oxygen atoms in total. The van der Waals surface area contributed by atoms with E-state index in [1.165, 1.54) is 30.4 Å². The third kappa shape index (κ3) is 1.60. The fraction of sp³-hybridized carbons (Fsp3) is 0.667. The summed E-state index contributed by atoms with van der Waals surface area (Å²) in [5, 5.41) is 21.9. The smallest absolute Gasteiger partial charge is 0.0596 e. The van der Waals surface area contributed by atoms with Crippen LogP contribution in [-0.4, -0.2) is 11.2 Å². The molecule has 0 radical (unpaired) electrons. The van der Waals surface area contributed by atoms with E-state index in [1.807, 2.05) is 6.07 Å². The van der Waals surface area contributed by atoms with Gasteiger partial charge in [-0.1, -0.05) is 25.1 Å². The SMILES string of the molecule is C[C@]12CC[C@@H]3c4ccc([O-])cc4CC[C@H]3[C@@H]1CC[C@@H]2O. The zero-order chi connectivity index (χ0) is 13.9. The second-order valence-electron chi connectivity index (χ2n) is 7.41. The van der Waals surface area contributed by atoms with Crippen LogP contribution in [0.5, 0.6) is 5.75 Å². The minimum atomic E-state index is -0.0983. The minimum absolute atomic E-state index is 0.0983. The molecule has 2 saturated carbocycles. The highest BCUT2D eigenvalue weighted by molar-refractivity contribution is 5.39. The molecule has 2 heteroatoms. The quantitative estimate of drug-likeness (QED) is 0.788. The van der Waals surface area contributed by atoms with E-state index in [1.54, 1.807) is 6.07 Å². The van der Waals surface area contributed by atoms with Crippen molar-refractivity contribution in [3.63, 3.8) is 0 Å². The molecule has 0 aliphatic heterocycles. The Kier molecular flexibility index (Phi) is 2.69. The molecule has 0 unspecified atom stereocenters. The fourth-order valence-corrected chi connectivity index (χ4v) is 5.53. The lowest BCUT2D eigenvalue weighted by Gasteiger charge is -2.50. The maximum atomic E-state index is 11.5. The van der Waals surface area contributed by atoms with Crippen LogP contribution in [0.3, 0.4) is 0 Å². The number of aliphatic hydroxyl groups is 1. The van der Waals surface area contributed by atoms with Crippen LogP contribution >= 0.6 is 0 Å². The Hall–Kier alpha value is -1.02. The van der Waals surface area contributed by atoms with Crippen molar-refractivity contribution in [3.8, 4) is 5.75 Å². The van der Waals surface area contributed by atoms with Gasteiger partial charge >= 0.3 is 0 Å². The first kappa shape index (κ1) is 12.7. The van der Waals surface area contributed by atoms with E-state index in [2.05, 4.69) is 13.0 Å². The van der Waals surface area contributed by atoms with E-state index < -0.39 is 0 Å². The van der Waals surface area contributed by atoms with E-state index in [4.69, 9.17) is 0 Å². The van der Waals surface area contributed by atoms with Crippen molar-refractivity contribution < 1.29 is 10.2 Å². The van der Waals surface area contributed by atoms with Gasteiger partial charge in [0.15, 0.2) is 0 Å². The van der Waals surface area contributed by atoms with Crippen LogP contribution in [0.25, 0.3) is 0 Å². The summed E-state index contributed by atoms with van der Waals surface area (Å²) in [5.41, 5.74) is 2.88. The number of aryl methyl sites for hydroxylation is 1. The molecule has 0 aromatic heterocycles. The van der Waals surface area contributed by atoms with E-state index in [0.717, 1.165) is 25.2 Å². The lowest BCUT2D eigenvalue weighted by molar-refractivity contribution is -0.268. The van der Waals surface area contributed by atoms with Crippen LogP contribution in [0.4, 0.5) is 0 Å². The van der Waals surface area contributed by atoms with Crippen LogP contribution in [0.1, 0.15) is 56.1 Å². The van der Waals surface area contributed by atoms with Gasteiger partial charge < -0.3 is 10.2 Å². The van der Waals surface area contributed by atoms with Gasteiger partial charge in [-0.15, -0.1) is 5.75 Å². The van der Waals surface area contributed by atoms with Crippen LogP contribution < -0.4 is 5.11 Å². The molecule has 3 aliphatic carbocycles. The molecule has 5 atom stereocenters. The molecule has 0 bridgehead atoms. The Morgan fingerprint density at radius 2 is 2.05 bits per heavy atom. The highest BCUT2D eigenvalue weighted by Gasteiger charge is 2.54. The molecule has 0 amide bonds. The number of hydrogen-bond donors (Lipinski definition) is 1. The Balaban J connectivity index is 1.71. The zero-order valence-electron chi connectivity index (χ0n) is 12.1. The van der Waals surface area contributed by atoms with Gasteiger partial charge in [-0.05, 0) is 72.8 Å². The van der Waals surface area contributed by atoms with Crippen molar-refractivity contribution in [2.24, 2.45) is 17.3 Å². The number of benzene rings is 1. The molecule has 0 heterocycles. The molecule has 0 saturated heterocycles. The lowest BCUT2D eigenvalue weighted by Crippen LogP contribution is -2.43. The van der Waals surface area contributed by atoms with Gasteiger partial charge in [0, 0.05) is 0 Å². The van der Waals surface area contributed by atoms with Crippen molar-refractivity contribution in [1.29, 1.82) is 0 Å². The first-order valence-corrected chi connectivity index (χ1v) is 8.07. The summed E-state index contributed by atoms with van der Waals surface area (Å²) in [6.45, 7) is 2.31. The van der Waals surface area contributed by atoms with Gasteiger partial charge in [0.05, 0.1) is 6.10 Å². The highest BCUT2D eigenvalue weighted by atomic mass is 16.3. The molecule has 1 aromatic carbocycles. The molecule has 0 spiro atoms. The Labute approximate surface area is 120 Å². The molecule has 1 aromatic rings. The van der Waals surface area contributed by atoms with E-state index >= 15 is 0 Å². The number of fused-ring (bicyclic) bond motifs is 5. The van der Waals surface area contributed by atoms with Gasteiger partial charge in [0.25, 0.3) is 0 Å². The summed E-state index contributed by atoms with van der Waals surface area (Å²) >= 11 is 0.